The van der Waals surface area contributed by atoms with Crippen molar-refractivity contribution in [3.8, 4) is 0 Å². The molecule has 0 aliphatic heterocycles. The van der Waals surface area contributed by atoms with Crippen molar-refractivity contribution in [2.75, 3.05) is 0 Å². The normalized spacial score (nSPS) is 22.2. The number of allylic oxidation sites excluding steroid dienone is 2. The van der Waals surface area contributed by atoms with Crippen molar-refractivity contribution < 1.29 is 19.8 Å². The van der Waals surface area contributed by atoms with Crippen LogP contribution in [0.4, 0.5) is 0 Å². The first-order valence-corrected chi connectivity index (χ1v) is 8.19. The van der Waals surface area contributed by atoms with Crippen LogP contribution in [0.1, 0.15) is 39.2 Å². The van der Waals surface area contributed by atoms with Gasteiger partial charge < -0.3 is 10.2 Å². The van der Waals surface area contributed by atoms with E-state index in [1.807, 2.05) is 44.2 Å². The minimum absolute atomic E-state index is 0.125. The highest BCUT2D eigenvalue weighted by Crippen LogP contribution is 2.35. The summed E-state index contributed by atoms with van der Waals surface area (Å²) in [5.41, 5.74) is 1.04. The van der Waals surface area contributed by atoms with Gasteiger partial charge in [-0.25, -0.2) is 4.79 Å². The number of hydrogen-bond donors (Lipinski definition) is 2. The number of carboxylic acid groups (broad SMARTS) is 1. The van der Waals surface area contributed by atoms with Crippen molar-refractivity contribution in [2.45, 2.75) is 39.7 Å². The van der Waals surface area contributed by atoms with Gasteiger partial charge in [0.1, 0.15) is 11.8 Å². The maximum Gasteiger partial charge on any atom is 0.328 e. The highest BCUT2D eigenvalue weighted by Gasteiger charge is 2.36. The van der Waals surface area contributed by atoms with E-state index in [2.05, 4.69) is 4.99 Å². The van der Waals surface area contributed by atoms with Gasteiger partial charge in [0.2, 0.25) is 0 Å². The fourth-order valence-electron chi connectivity index (χ4n) is 2.80. The summed E-state index contributed by atoms with van der Waals surface area (Å²) in [5, 5.41) is 19.5. The summed E-state index contributed by atoms with van der Waals surface area (Å²) < 4.78 is 0. The highest BCUT2D eigenvalue weighted by atomic mass is 16.4. The number of hydrogen-bond acceptors (Lipinski definition) is 4. The van der Waals surface area contributed by atoms with Gasteiger partial charge in [-0.2, -0.15) is 0 Å². The Morgan fingerprint density at radius 1 is 1.20 bits per heavy atom. The van der Waals surface area contributed by atoms with E-state index < -0.39 is 12.0 Å². The van der Waals surface area contributed by atoms with Crippen LogP contribution in [0.15, 0.2) is 52.7 Å². The quantitative estimate of drug-likeness (QED) is 0.644. The van der Waals surface area contributed by atoms with E-state index in [0.717, 1.165) is 5.56 Å². The second-order valence-electron chi connectivity index (χ2n) is 7.04. The first kappa shape index (κ1) is 18.6. The number of Topliss-reactive ketones (excluding diaryl/α,β-unsaturated/α-hetero) is 1. The molecule has 0 radical (unpaired) electrons. The van der Waals surface area contributed by atoms with E-state index in [9.17, 15) is 14.7 Å². The molecule has 1 aromatic rings. The van der Waals surface area contributed by atoms with Gasteiger partial charge in [0.05, 0.1) is 11.3 Å². The van der Waals surface area contributed by atoms with Crippen LogP contribution >= 0.6 is 0 Å². The summed E-state index contributed by atoms with van der Waals surface area (Å²) in [7, 11) is 0. The Balaban J connectivity index is 2.43. The Bertz CT molecular complexity index is 757. The number of carboxylic acids is 1. The first-order valence-electron chi connectivity index (χ1n) is 8.19. The average Bonchev–Trinajstić information content (AvgIpc) is 2.52. The van der Waals surface area contributed by atoms with Gasteiger partial charge in [-0.1, -0.05) is 50.3 Å². The molecule has 5 heteroatoms. The van der Waals surface area contributed by atoms with E-state index >= 15 is 0 Å². The number of carbonyl (C=O) groups is 2. The lowest BCUT2D eigenvalue weighted by atomic mass is 9.73. The molecule has 5 nitrogen and oxygen atoms in total. The molecule has 1 saturated carbocycles. The predicted octanol–water partition coefficient (Wildman–Crippen LogP) is 3.82. The molecule has 25 heavy (non-hydrogen) atoms. The largest absolute Gasteiger partial charge is 0.507 e. The van der Waals surface area contributed by atoms with Crippen LogP contribution in [0.2, 0.25) is 0 Å². The fourth-order valence-corrected chi connectivity index (χ4v) is 2.80. The SMILES string of the molecule is C[C@H](N=C1CC(C)(C)CC(=O)C1=C(O)/C=C/c1ccccc1)C(=O)O. The molecule has 0 heterocycles. The number of carbonyl (C=O) groups excluding carboxylic acids is 1. The number of benzene rings is 1. The summed E-state index contributed by atoms with van der Waals surface area (Å²) in [6.45, 7) is 5.31. The lowest BCUT2D eigenvalue weighted by molar-refractivity contribution is -0.138. The Hall–Kier alpha value is -2.69. The van der Waals surface area contributed by atoms with E-state index in [1.54, 1.807) is 6.08 Å². The number of aliphatic imine (C=N–C) groups is 1. The van der Waals surface area contributed by atoms with Crippen LogP contribution < -0.4 is 0 Å². The Morgan fingerprint density at radius 3 is 2.44 bits per heavy atom. The number of aliphatic hydroxyl groups is 1. The van der Waals surface area contributed by atoms with Crippen LogP contribution in [0, 0.1) is 5.41 Å². The fraction of sp³-hybridized carbons (Fsp3) is 0.350. The average molecular weight is 341 g/mol. The molecule has 0 aromatic heterocycles. The van der Waals surface area contributed by atoms with Gasteiger partial charge in [-0.3, -0.25) is 9.79 Å². The maximum atomic E-state index is 12.5. The highest BCUT2D eigenvalue weighted by molar-refractivity contribution is 6.25. The standard InChI is InChI=1S/C20H23NO4/c1-13(19(24)25)21-15-11-20(2,3)12-17(23)18(15)16(22)10-9-14-7-5-4-6-8-14/h4-10,13,22H,11-12H2,1-3H3,(H,24,25)/b10-9+,18-16?,21-15?/t13-/m0/s1. The minimum Gasteiger partial charge on any atom is -0.507 e. The number of rotatable bonds is 4. The molecule has 0 amide bonds. The van der Waals surface area contributed by atoms with Gasteiger partial charge in [0.25, 0.3) is 0 Å². The zero-order valence-electron chi connectivity index (χ0n) is 14.7. The Morgan fingerprint density at radius 2 is 1.84 bits per heavy atom. The van der Waals surface area contributed by atoms with Crippen molar-refractivity contribution in [3.63, 3.8) is 0 Å². The number of nitrogens with zero attached hydrogens (tertiary/aromatic N) is 1. The summed E-state index contributed by atoms with van der Waals surface area (Å²) in [6.07, 6.45) is 3.89. The Labute approximate surface area is 147 Å². The van der Waals surface area contributed by atoms with E-state index in [4.69, 9.17) is 5.11 Å². The first-order chi connectivity index (χ1) is 11.7. The second kappa shape index (κ2) is 7.47. The molecule has 0 unspecified atom stereocenters. The zero-order chi connectivity index (χ0) is 18.6. The zero-order valence-corrected chi connectivity index (χ0v) is 14.7. The minimum atomic E-state index is -1.07. The molecule has 1 atom stereocenters. The molecule has 1 aliphatic rings. The number of ketones is 1. The van der Waals surface area contributed by atoms with Gasteiger partial charge in [-0.05, 0) is 30.4 Å². The Kier molecular flexibility index (Phi) is 5.57. The van der Waals surface area contributed by atoms with Crippen molar-refractivity contribution >= 4 is 23.5 Å². The molecule has 0 saturated heterocycles. The predicted molar refractivity (Wildman–Crippen MR) is 97.7 cm³/mol. The maximum absolute atomic E-state index is 12.5. The third kappa shape index (κ3) is 4.89. The topological polar surface area (TPSA) is 87.0 Å². The molecule has 1 aromatic carbocycles. The lowest BCUT2D eigenvalue weighted by Gasteiger charge is -2.31. The van der Waals surface area contributed by atoms with Crippen molar-refractivity contribution in [3.05, 3.63) is 53.3 Å². The summed E-state index contributed by atoms with van der Waals surface area (Å²) >= 11 is 0. The van der Waals surface area contributed by atoms with Crippen LogP contribution in [-0.4, -0.2) is 33.7 Å². The third-order valence-corrected chi connectivity index (χ3v) is 4.05. The molecule has 2 rings (SSSR count). The van der Waals surface area contributed by atoms with Crippen LogP contribution in [0.25, 0.3) is 6.08 Å². The molecule has 0 spiro atoms. The van der Waals surface area contributed by atoms with Gasteiger partial charge in [0, 0.05) is 6.42 Å². The molecule has 2 N–H and O–H groups in total. The van der Waals surface area contributed by atoms with Crippen molar-refractivity contribution in [2.24, 2.45) is 10.4 Å². The smallest absolute Gasteiger partial charge is 0.328 e. The molecular weight excluding hydrogens is 318 g/mol. The third-order valence-electron chi connectivity index (χ3n) is 4.05. The van der Waals surface area contributed by atoms with Crippen LogP contribution in [0.5, 0.6) is 0 Å². The summed E-state index contributed by atoms with van der Waals surface area (Å²) in [4.78, 5) is 27.8. The second-order valence-corrected chi connectivity index (χ2v) is 7.04. The summed E-state index contributed by atoms with van der Waals surface area (Å²) in [6, 6.07) is 8.42. The van der Waals surface area contributed by atoms with Gasteiger partial charge >= 0.3 is 5.97 Å². The lowest BCUT2D eigenvalue weighted by Crippen LogP contribution is -2.33. The van der Waals surface area contributed by atoms with E-state index in [-0.39, 0.29) is 29.0 Å². The van der Waals surface area contributed by atoms with E-state index in [0.29, 0.717) is 12.1 Å². The van der Waals surface area contributed by atoms with Gasteiger partial charge in [-0.15, -0.1) is 0 Å². The summed E-state index contributed by atoms with van der Waals surface area (Å²) in [5.74, 6) is -1.47. The monoisotopic (exact) mass is 341 g/mol. The molecule has 1 fully saturated rings. The van der Waals surface area contributed by atoms with Crippen LogP contribution in [0.3, 0.4) is 0 Å². The van der Waals surface area contributed by atoms with E-state index in [1.165, 1.54) is 13.0 Å². The molecular formula is C20H23NO4. The van der Waals surface area contributed by atoms with Crippen molar-refractivity contribution in [1.29, 1.82) is 0 Å². The van der Waals surface area contributed by atoms with Gasteiger partial charge in [0.15, 0.2) is 5.78 Å². The van der Waals surface area contributed by atoms with Crippen molar-refractivity contribution in [1.82, 2.24) is 0 Å². The molecule has 132 valence electrons. The molecule has 1 aliphatic carbocycles. The number of aliphatic hydroxyl groups excluding tert-OH is 1. The number of aliphatic carboxylic acids is 1. The molecule has 0 bridgehead atoms. The van der Waals surface area contributed by atoms with Crippen LogP contribution in [-0.2, 0) is 9.59 Å².